The number of hydrogen-bond donors (Lipinski definition) is 1. The van der Waals surface area contributed by atoms with Gasteiger partial charge in [0.1, 0.15) is 5.76 Å². The fourth-order valence-corrected chi connectivity index (χ4v) is 2.24. The summed E-state index contributed by atoms with van der Waals surface area (Å²) in [5.74, 6) is 0.468. The SMILES string of the molecule is CN(C)C(=O)CN(C)C(=O)CN[C@H](c1ccccc1)c1ccco1. The molecule has 0 bridgehead atoms. The average Bonchev–Trinajstić information content (AvgIpc) is 3.10. The van der Waals surface area contributed by atoms with Gasteiger partial charge in [0, 0.05) is 21.1 Å². The lowest BCUT2D eigenvalue weighted by molar-refractivity contribution is -0.137. The third kappa shape index (κ3) is 4.70. The fourth-order valence-electron chi connectivity index (χ4n) is 2.24. The van der Waals surface area contributed by atoms with E-state index in [9.17, 15) is 9.59 Å². The van der Waals surface area contributed by atoms with E-state index in [0.717, 1.165) is 11.3 Å². The number of carbonyl (C=O) groups is 2. The number of amides is 2. The molecule has 2 aromatic rings. The average molecular weight is 329 g/mol. The van der Waals surface area contributed by atoms with E-state index in [-0.39, 0.29) is 30.9 Å². The molecule has 0 fully saturated rings. The molecule has 0 spiro atoms. The molecule has 24 heavy (non-hydrogen) atoms. The van der Waals surface area contributed by atoms with E-state index in [2.05, 4.69) is 5.32 Å². The van der Waals surface area contributed by atoms with Crippen molar-refractivity contribution in [2.75, 3.05) is 34.2 Å². The molecule has 6 nitrogen and oxygen atoms in total. The van der Waals surface area contributed by atoms with Gasteiger partial charge in [-0.2, -0.15) is 0 Å². The van der Waals surface area contributed by atoms with Crippen LogP contribution in [0.25, 0.3) is 0 Å². The largest absolute Gasteiger partial charge is 0.467 e. The number of carbonyl (C=O) groups excluding carboxylic acids is 2. The lowest BCUT2D eigenvalue weighted by atomic mass is 10.0. The number of likely N-dealkylation sites (N-methyl/N-ethyl adjacent to an activating group) is 2. The van der Waals surface area contributed by atoms with Crippen molar-refractivity contribution in [3.05, 3.63) is 60.1 Å². The molecule has 0 saturated carbocycles. The Hall–Kier alpha value is -2.60. The maximum Gasteiger partial charge on any atom is 0.241 e. The molecule has 128 valence electrons. The number of rotatable bonds is 7. The van der Waals surface area contributed by atoms with Gasteiger partial charge >= 0.3 is 0 Å². The first kappa shape index (κ1) is 17.7. The first-order chi connectivity index (χ1) is 11.5. The van der Waals surface area contributed by atoms with Crippen molar-refractivity contribution < 1.29 is 14.0 Å². The van der Waals surface area contributed by atoms with Gasteiger partial charge in [0.05, 0.1) is 25.4 Å². The van der Waals surface area contributed by atoms with Crippen LogP contribution in [0, 0.1) is 0 Å². The molecule has 1 aromatic carbocycles. The van der Waals surface area contributed by atoms with Crippen LogP contribution in [0.4, 0.5) is 0 Å². The smallest absolute Gasteiger partial charge is 0.241 e. The second-order valence-corrected chi connectivity index (χ2v) is 5.78. The summed E-state index contributed by atoms with van der Waals surface area (Å²) in [6, 6.07) is 13.2. The Labute approximate surface area is 142 Å². The summed E-state index contributed by atoms with van der Waals surface area (Å²) in [4.78, 5) is 26.9. The van der Waals surface area contributed by atoms with Gasteiger partial charge < -0.3 is 14.2 Å². The van der Waals surface area contributed by atoms with Crippen molar-refractivity contribution in [3.8, 4) is 0 Å². The number of hydrogen-bond acceptors (Lipinski definition) is 4. The summed E-state index contributed by atoms with van der Waals surface area (Å²) < 4.78 is 5.49. The number of nitrogens with one attached hydrogen (secondary N) is 1. The molecule has 2 amide bonds. The van der Waals surface area contributed by atoms with Crippen molar-refractivity contribution in [2.24, 2.45) is 0 Å². The van der Waals surface area contributed by atoms with Crippen LogP contribution in [-0.2, 0) is 9.59 Å². The Bertz CT molecular complexity index is 653. The minimum Gasteiger partial charge on any atom is -0.467 e. The van der Waals surface area contributed by atoms with Gasteiger partial charge in [-0.1, -0.05) is 30.3 Å². The second-order valence-electron chi connectivity index (χ2n) is 5.78. The molecule has 6 heteroatoms. The molecule has 0 aliphatic heterocycles. The predicted octanol–water partition coefficient (Wildman–Crippen LogP) is 1.51. The molecule has 1 N–H and O–H groups in total. The number of nitrogens with zero attached hydrogens (tertiary/aromatic N) is 2. The predicted molar refractivity (Wildman–Crippen MR) is 91.3 cm³/mol. The minimum atomic E-state index is -0.219. The van der Waals surface area contributed by atoms with Gasteiger partial charge in [-0.15, -0.1) is 0 Å². The quantitative estimate of drug-likeness (QED) is 0.836. The lowest BCUT2D eigenvalue weighted by Gasteiger charge is -2.22. The third-order valence-corrected chi connectivity index (χ3v) is 3.72. The van der Waals surface area contributed by atoms with Crippen molar-refractivity contribution in [3.63, 3.8) is 0 Å². The Morgan fingerprint density at radius 1 is 1.04 bits per heavy atom. The van der Waals surface area contributed by atoms with Crippen LogP contribution in [0.3, 0.4) is 0 Å². The fraction of sp³-hybridized carbons (Fsp3) is 0.333. The molecule has 1 heterocycles. The van der Waals surface area contributed by atoms with E-state index in [4.69, 9.17) is 4.42 Å². The first-order valence-electron chi connectivity index (χ1n) is 7.75. The van der Waals surface area contributed by atoms with Crippen molar-refractivity contribution in [1.29, 1.82) is 0 Å². The van der Waals surface area contributed by atoms with Gasteiger partial charge in [-0.25, -0.2) is 0 Å². The first-order valence-corrected chi connectivity index (χ1v) is 7.75. The Kier molecular flexibility index (Phi) is 6.14. The van der Waals surface area contributed by atoms with E-state index in [1.807, 2.05) is 42.5 Å². The monoisotopic (exact) mass is 329 g/mol. The number of benzene rings is 1. The summed E-state index contributed by atoms with van der Waals surface area (Å²) in [5.41, 5.74) is 1.01. The van der Waals surface area contributed by atoms with Crippen LogP contribution in [0.2, 0.25) is 0 Å². The third-order valence-electron chi connectivity index (χ3n) is 3.72. The zero-order chi connectivity index (χ0) is 17.5. The highest BCUT2D eigenvalue weighted by Crippen LogP contribution is 2.22. The minimum absolute atomic E-state index is 0.0598. The van der Waals surface area contributed by atoms with Gasteiger partial charge in [-0.3, -0.25) is 14.9 Å². The van der Waals surface area contributed by atoms with Crippen molar-refractivity contribution in [2.45, 2.75) is 6.04 Å². The van der Waals surface area contributed by atoms with Crippen molar-refractivity contribution >= 4 is 11.8 Å². The van der Waals surface area contributed by atoms with E-state index >= 15 is 0 Å². The maximum atomic E-state index is 12.3. The van der Waals surface area contributed by atoms with Crippen LogP contribution in [-0.4, -0.2) is 55.8 Å². The summed E-state index contributed by atoms with van der Waals surface area (Å²) in [6.45, 7) is 0.168. The van der Waals surface area contributed by atoms with Crippen molar-refractivity contribution in [1.82, 2.24) is 15.1 Å². The molecule has 0 radical (unpaired) electrons. The Balaban J connectivity index is 2.01. The zero-order valence-corrected chi connectivity index (χ0v) is 14.2. The summed E-state index contributed by atoms with van der Waals surface area (Å²) in [5, 5.41) is 3.21. The molecule has 0 unspecified atom stereocenters. The highest BCUT2D eigenvalue weighted by molar-refractivity contribution is 5.85. The van der Waals surface area contributed by atoms with Gasteiger partial charge in [0.15, 0.2) is 0 Å². The second kappa shape index (κ2) is 8.31. The molecule has 1 aromatic heterocycles. The zero-order valence-electron chi connectivity index (χ0n) is 14.2. The molecular weight excluding hydrogens is 306 g/mol. The standard InChI is InChI=1S/C18H23N3O3/c1-20(2)17(23)13-21(3)16(22)12-19-18(15-10-7-11-24-15)14-8-5-4-6-9-14/h4-11,18-19H,12-13H2,1-3H3/t18-/m1/s1. The highest BCUT2D eigenvalue weighted by atomic mass is 16.3. The molecule has 0 aliphatic rings. The molecule has 2 rings (SSSR count). The van der Waals surface area contributed by atoms with Gasteiger partial charge in [0.25, 0.3) is 0 Å². The van der Waals surface area contributed by atoms with Crippen LogP contribution in [0.1, 0.15) is 17.4 Å². The van der Waals surface area contributed by atoms with Crippen LogP contribution in [0.5, 0.6) is 0 Å². The van der Waals surface area contributed by atoms with E-state index in [0.29, 0.717) is 0 Å². The van der Waals surface area contributed by atoms with Crippen LogP contribution >= 0.6 is 0 Å². The van der Waals surface area contributed by atoms with E-state index in [1.54, 1.807) is 27.4 Å². The van der Waals surface area contributed by atoms with Gasteiger partial charge in [0.2, 0.25) is 11.8 Å². The molecule has 0 aliphatic carbocycles. The maximum absolute atomic E-state index is 12.3. The molecule has 1 atom stereocenters. The Morgan fingerprint density at radius 2 is 1.75 bits per heavy atom. The van der Waals surface area contributed by atoms with Crippen LogP contribution < -0.4 is 5.32 Å². The molecular formula is C18H23N3O3. The van der Waals surface area contributed by atoms with Crippen LogP contribution in [0.15, 0.2) is 53.1 Å². The number of furan rings is 1. The van der Waals surface area contributed by atoms with E-state index in [1.165, 1.54) is 9.80 Å². The Morgan fingerprint density at radius 3 is 2.33 bits per heavy atom. The van der Waals surface area contributed by atoms with Gasteiger partial charge in [-0.05, 0) is 17.7 Å². The summed E-state index contributed by atoms with van der Waals surface area (Å²) in [7, 11) is 4.96. The normalized spacial score (nSPS) is 11.8. The van der Waals surface area contributed by atoms with E-state index < -0.39 is 0 Å². The highest BCUT2D eigenvalue weighted by Gasteiger charge is 2.19. The lowest BCUT2D eigenvalue weighted by Crippen LogP contribution is -2.42. The topological polar surface area (TPSA) is 65.8 Å². The summed E-state index contributed by atoms with van der Waals surface area (Å²) >= 11 is 0. The summed E-state index contributed by atoms with van der Waals surface area (Å²) in [6.07, 6.45) is 1.61. The molecule has 0 saturated heterocycles.